The molecule has 0 aromatic carbocycles. The molecule has 50 valence electrons. The topological polar surface area (TPSA) is 23.8 Å². The summed E-state index contributed by atoms with van der Waals surface area (Å²) in [6.07, 6.45) is 8.58. The minimum absolute atomic E-state index is 0. The third-order valence-corrected chi connectivity index (χ3v) is 1.28. The maximum atomic E-state index is 6.98. The van der Waals surface area contributed by atoms with E-state index in [0.29, 0.717) is 6.54 Å². The standard InChI is InChI=1S/C7H10N.W/c8-6-7-4-2-1-3-5-7;/h2,4-5,8H,1,3,6H2;/q-1;. The van der Waals surface area contributed by atoms with Crippen LogP contribution >= 0.6 is 0 Å². The first-order chi connectivity index (χ1) is 3.93. The number of nitrogens with one attached hydrogen (secondary N) is 1. The van der Waals surface area contributed by atoms with Crippen LogP contribution in [0.25, 0.3) is 5.73 Å². The van der Waals surface area contributed by atoms with Gasteiger partial charge in [-0.05, 0) is 12.8 Å². The molecular weight excluding hydrogens is 282 g/mol. The summed E-state index contributed by atoms with van der Waals surface area (Å²) in [6.45, 7) is 0.441. The SMILES string of the molecule is [NH-]CC1=CCCC=C1.[W]. The summed E-state index contributed by atoms with van der Waals surface area (Å²) in [6, 6.07) is 0. The minimum atomic E-state index is 0. The molecule has 0 bridgehead atoms. The van der Waals surface area contributed by atoms with Crippen molar-refractivity contribution in [2.45, 2.75) is 12.8 Å². The summed E-state index contributed by atoms with van der Waals surface area (Å²) >= 11 is 0. The van der Waals surface area contributed by atoms with E-state index < -0.39 is 0 Å². The van der Waals surface area contributed by atoms with Crippen LogP contribution in [0.5, 0.6) is 0 Å². The molecule has 0 fully saturated rings. The molecule has 1 aliphatic rings. The molecule has 1 N–H and O–H groups in total. The van der Waals surface area contributed by atoms with E-state index in [2.05, 4.69) is 12.2 Å². The van der Waals surface area contributed by atoms with Gasteiger partial charge in [-0.3, -0.25) is 0 Å². The predicted octanol–water partition coefficient (Wildman–Crippen LogP) is 2.31. The summed E-state index contributed by atoms with van der Waals surface area (Å²) in [7, 11) is 0. The summed E-state index contributed by atoms with van der Waals surface area (Å²) < 4.78 is 0. The fourth-order valence-corrected chi connectivity index (χ4v) is 0.799. The van der Waals surface area contributed by atoms with E-state index in [1.165, 1.54) is 0 Å². The van der Waals surface area contributed by atoms with Crippen LogP contribution in [0.1, 0.15) is 12.8 Å². The Labute approximate surface area is 70.3 Å². The van der Waals surface area contributed by atoms with Crippen LogP contribution in [0.3, 0.4) is 0 Å². The van der Waals surface area contributed by atoms with Crippen molar-refractivity contribution in [3.63, 3.8) is 0 Å². The molecule has 0 aromatic heterocycles. The van der Waals surface area contributed by atoms with Crippen molar-refractivity contribution in [1.29, 1.82) is 0 Å². The first-order valence-corrected chi connectivity index (χ1v) is 2.93. The summed E-state index contributed by atoms with van der Waals surface area (Å²) in [4.78, 5) is 0. The Bertz CT molecular complexity index is 127. The van der Waals surface area contributed by atoms with Gasteiger partial charge >= 0.3 is 0 Å². The van der Waals surface area contributed by atoms with Gasteiger partial charge in [0.15, 0.2) is 0 Å². The van der Waals surface area contributed by atoms with Gasteiger partial charge in [0, 0.05) is 21.1 Å². The van der Waals surface area contributed by atoms with Crippen LogP contribution < -0.4 is 0 Å². The van der Waals surface area contributed by atoms with Crippen molar-refractivity contribution in [2.75, 3.05) is 6.54 Å². The number of hydrogen-bond donors (Lipinski definition) is 0. The maximum Gasteiger partial charge on any atom is 0 e. The second-order valence-electron chi connectivity index (χ2n) is 1.94. The van der Waals surface area contributed by atoms with Gasteiger partial charge in [-0.2, -0.15) is 0 Å². The molecule has 0 spiro atoms. The third kappa shape index (κ3) is 2.98. The molecule has 0 saturated carbocycles. The fraction of sp³-hybridized carbons (Fsp3) is 0.429. The Morgan fingerprint density at radius 1 is 1.44 bits per heavy atom. The molecule has 0 heterocycles. The van der Waals surface area contributed by atoms with Crippen LogP contribution in [0.2, 0.25) is 0 Å². The van der Waals surface area contributed by atoms with Gasteiger partial charge in [0.05, 0.1) is 0 Å². The van der Waals surface area contributed by atoms with E-state index >= 15 is 0 Å². The Morgan fingerprint density at radius 2 is 2.22 bits per heavy atom. The first-order valence-electron chi connectivity index (χ1n) is 2.93. The van der Waals surface area contributed by atoms with Gasteiger partial charge in [0.2, 0.25) is 0 Å². The molecule has 0 unspecified atom stereocenters. The molecule has 0 atom stereocenters. The molecular formula is C7H10NW-. The van der Waals surface area contributed by atoms with Gasteiger partial charge in [0.25, 0.3) is 0 Å². The van der Waals surface area contributed by atoms with Crippen molar-refractivity contribution < 1.29 is 21.1 Å². The summed E-state index contributed by atoms with van der Waals surface area (Å²) in [5.41, 5.74) is 8.14. The predicted molar refractivity (Wildman–Crippen MR) is 35.6 cm³/mol. The number of allylic oxidation sites excluding steroid dienone is 2. The molecule has 1 aliphatic carbocycles. The monoisotopic (exact) mass is 292 g/mol. The van der Waals surface area contributed by atoms with Gasteiger partial charge in [-0.1, -0.05) is 23.8 Å². The van der Waals surface area contributed by atoms with Crippen molar-refractivity contribution in [1.82, 2.24) is 0 Å². The van der Waals surface area contributed by atoms with E-state index in [-0.39, 0.29) is 21.1 Å². The molecule has 2 heteroatoms. The van der Waals surface area contributed by atoms with Crippen molar-refractivity contribution in [2.24, 2.45) is 0 Å². The molecule has 0 aliphatic heterocycles. The molecule has 0 saturated heterocycles. The molecule has 1 rings (SSSR count). The number of hydrogen-bond acceptors (Lipinski definition) is 0. The zero-order valence-corrected chi connectivity index (χ0v) is 8.20. The second-order valence-corrected chi connectivity index (χ2v) is 1.94. The van der Waals surface area contributed by atoms with Crippen LogP contribution in [-0.2, 0) is 21.1 Å². The van der Waals surface area contributed by atoms with E-state index in [9.17, 15) is 0 Å². The Balaban J connectivity index is 0.000000640. The van der Waals surface area contributed by atoms with Crippen LogP contribution in [-0.4, -0.2) is 6.54 Å². The summed E-state index contributed by atoms with van der Waals surface area (Å²) in [5, 5.41) is 0. The Morgan fingerprint density at radius 3 is 2.56 bits per heavy atom. The van der Waals surface area contributed by atoms with Gasteiger partial charge in [-0.25, -0.2) is 0 Å². The smallest absolute Gasteiger partial charge is 0 e. The normalized spacial score (nSPS) is 16.3. The maximum absolute atomic E-state index is 6.98. The quantitative estimate of drug-likeness (QED) is 0.708. The average molecular weight is 292 g/mol. The largest absolute Gasteiger partial charge is 0.674 e. The molecule has 0 amide bonds. The van der Waals surface area contributed by atoms with Crippen molar-refractivity contribution in [3.8, 4) is 0 Å². The van der Waals surface area contributed by atoms with Gasteiger partial charge in [-0.15, -0.1) is 6.54 Å². The summed E-state index contributed by atoms with van der Waals surface area (Å²) in [5.74, 6) is 0. The van der Waals surface area contributed by atoms with E-state index in [1.807, 2.05) is 6.08 Å². The van der Waals surface area contributed by atoms with E-state index in [4.69, 9.17) is 5.73 Å². The van der Waals surface area contributed by atoms with Gasteiger partial charge < -0.3 is 5.73 Å². The fourth-order valence-electron chi connectivity index (χ4n) is 0.799. The Hall–Kier alpha value is 0.128. The van der Waals surface area contributed by atoms with Crippen molar-refractivity contribution in [3.05, 3.63) is 29.5 Å². The molecule has 9 heavy (non-hydrogen) atoms. The second kappa shape index (κ2) is 4.96. The van der Waals surface area contributed by atoms with E-state index in [1.54, 1.807) is 0 Å². The zero-order valence-electron chi connectivity index (χ0n) is 5.26. The van der Waals surface area contributed by atoms with E-state index in [0.717, 1.165) is 18.4 Å². The molecule has 0 radical (unpaired) electrons. The molecule has 1 nitrogen and oxygen atoms in total. The third-order valence-electron chi connectivity index (χ3n) is 1.28. The van der Waals surface area contributed by atoms with Crippen LogP contribution in [0.4, 0.5) is 0 Å². The zero-order chi connectivity index (χ0) is 5.82. The van der Waals surface area contributed by atoms with Crippen LogP contribution in [0, 0.1) is 0 Å². The average Bonchev–Trinajstić information content (AvgIpc) is 1.90. The Kier molecular flexibility index (Phi) is 5.03. The van der Waals surface area contributed by atoms with Crippen molar-refractivity contribution >= 4 is 0 Å². The molecule has 0 aromatic rings. The minimum Gasteiger partial charge on any atom is -0.674 e. The van der Waals surface area contributed by atoms with Crippen LogP contribution in [0.15, 0.2) is 23.8 Å². The first kappa shape index (κ1) is 9.13. The van der Waals surface area contributed by atoms with Gasteiger partial charge in [0.1, 0.15) is 0 Å². The number of rotatable bonds is 1.